The molecule has 0 aliphatic heterocycles. The minimum absolute atomic E-state index is 0. The number of hydrogen-bond acceptors (Lipinski definition) is 0. The summed E-state index contributed by atoms with van der Waals surface area (Å²) >= 11 is 0. The first-order valence-electron chi connectivity index (χ1n) is 0. The fraction of sp³-hybridized carbons (Fsp3) is 0. The third kappa shape index (κ3) is 8.82. The van der Waals surface area contributed by atoms with Crippen molar-refractivity contribution in [3.63, 3.8) is 0 Å². The molecule has 0 amide bonds. The van der Waals surface area contributed by atoms with Crippen molar-refractivity contribution in [3.05, 3.63) is 0 Å². The van der Waals surface area contributed by atoms with E-state index in [1.807, 2.05) is 0 Å². The molecule has 0 spiro atoms. The summed E-state index contributed by atoms with van der Waals surface area (Å²) in [5, 5.41) is 0. The molecule has 0 saturated carbocycles. The van der Waals surface area contributed by atoms with Gasteiger partial charge < -0.3 is 2.85 Å². The van der Waals surface area contributed by atoms with E-state index in [2.05, 4.69) is 0 Å². The Balaban J connectivity index is 0. The molecule has 0 heterocycles. The van der Waals surface area contributed by atoms with E-state index in [0.717, 1.165) is 0 Å². The van der Waals surface area contributed by atoms with E-state index in [1.54, 1.807) is 0 Å². The van der Waals surface area contributed by atoms with Crippen LogP contribution in [0.3, 0.4) is 0 Å². The van der Waals surface area contributed by atoms with E-state index >= 15 is 0 Å². The SMILES string of the molecule is [Au].[H-].[H-].[Mg+2].[SiH4].[SnH2]. The summed E-state index contributed by atoms with van der Waals surface area (Å²) in [6, 6.07) is 0. The molecule has 4 heteroatoms. The molecule has 0 fully saturated rings. The molecule has 4 heavy (non-hydrogen) atoms. The fourth-order valence-electron chi connectivity index (χ4n) is 0. The van der Waals surface area contributed by atoms with Crippen molar-refractivity contribution in [1.29, 1.82) is 0 Å². The van der Waals surface area contributed by atoms with Crippen LogP contribution in [0.25, 0.3) is 0 Å². The zero-order valence-electron chi connectivity index (χ0n) is 3.72. The zero-order chi connectivity index (χ0) is 0. The van der Waals surface area contributed by atoms with Gasteiger partial charge in [-0.15, -0.1) is 0 Å². The van der Waals surface area contributed by atoms with Crippen molar-refractivity contribution in [2.45, 2.75) is 0 Å². The summed E-state index contributed by atoms with van der Waals surface area (Å²) in [5.41, 5.74) is 0. The third-order valence-corrected chi connectivity index (χ3v) is 0. The predicted molar refractivity (Wildman–Crippen MR) is 27.9 cm³/mol. The fourth-order valence-corrected chi connectivity index (χ4v) is 0. The van der Waals surface area contributed by atoms with Gasteiger partial charge in [0.15, 0.2) is 0 Å². The first kappa shape index (κ1) is 31.3. The van der Waals surface area contributed by atoms with Crippen LogP contribution in [0.1, 0.15) is 2.85 Å². The predicted octanol–water partition coefficient (Wildman–Crippen LogP) is -2.53. The van der Waals surface area contributed by atoms with Gasteiger partial charge in [0.1, 0.15) is 0 Å². The van der Waals surface area contributed by atoms with Crippen LogP contribution in [-0.4, -0.2) is 57.9 Å². The standard InChI is InChI=1S/Au.Mg.H4Si.Sn.4H/h;;1H4;;;;;/q;+2;;;;;2*-1. The molecule has 0 saturated heterocycles. The molecule has 0 aliphatic rings. The van der Waals surface area contributed by atoms with Crippen LogP contribution in [0.15, 0.2) is 0 Å². The van der Waals surface area contributed by atoms with E-state index in [9.17, 15) is 0 Å². The van der Waals surface area contributed by atoms with E-state index in [0.29, 0.717) is 0 Å². The molecule has 0 atom stereocenters. The third-order valence-electron chi connectivity index (χ3n) is 0. The Bertz CT molecular complexity index is 13.5. The van der Waals surface area contributed by atoms with Crippen LogP contribution in [-0.2, 0) is 22.4 Å². The van der Waals surface area contributed by atoms with Gasteiger partial charge >= 0.3 is 47.0 Å². The molecule has 0 aromatic carbocycles. The van der Waals surface area contributed by atoms with Gasteiger partial charge in [-0.2, -0.15) is 0 Å². The molecule has 0 nitrogen and oxygen atoms in total. The first-order chi connectivity index (χ1) is 0. The van der Waals surface area contributed by atoms with E-state index in [4.69, 9.17) is 0 Å². The van der Waals surface area contributed by atoms with E-state index < -0.39 is 0 Å². The van der Waals surface area contributed by atoms with Crippen molar-refractivity contribution in [2.24, 2.45) is 0 Å². The second kappa shape index (κ2) is 17.8. The molecular weight excluding hydrogens is 368 g/mol. The Labute approximate surface area is 82.1 Å². The van der Waals surface area contributed by atoms with Gasteiger partial charge in [0, 0.05) is 22.4 Å². The summed E-state index contributed by atoms with van der Waals surface area (Å²) < 4.78 is 0. The van der Waals surface area contributed by atoms with Gasteiger partial charge in [0.05, 0.1) is 0 Å². The Kier molecular flexibility index (Phi) is 139. The van der Waals surface area contributed by atoms with Crippen LogP contribution in [0.4, 0.5) is 0 Å². The van der Waals surface area contributed by atoms with Crippen LogP contribution in [0, 0.1) is 0 Å². The Hall–Kier alpha value is 2.52. The average molecular weight is 376 g/mol. The molecule has 29 valence electrons. The minimum atomic E-state index is 0. The van der Waals surface area contributed by atoms with Gasteiger partial charge in [-0.1, -0.05) is 0 Å². The van der Waals surface area contributed by atoms with E-state index in [-0.39, 0.29) is 83.2 Å². The van der Waals surface area contributed by atoms with Crippen molar-refractivity contribution in [3.8, 4) is 0 Å². The first-order valence-corrected chi connectivity index (χ1v) is 0. The quantitative estimate of drug-likeness (QED) is 0.410. The summed E-state index contributed by atoms with van der Waals surface area (Å²) in [6.07, 6.45) is 0. The van der Waals surface area contributed by atoms with Crippen molar-refractivity contribution >= 4 is 57.9 Å². The number of hydrogen-bond donors (Lipinski definition) is 0. The second-order valence-electron chi connectivity index (χ2n) is 0. The molecule has 0 N–H and O–H groups in total. The average Bonchev–Trinajstić information content (AvgIpc) is 0. The Morgan fingerprint density at radius 2 is 1.25 bits per heavy atom. The number of rotatable bonds is 0. The van der Waals surface area contributed by atoms with Crippen LogP contribution in [0.2, 0.25) is 0 Å². The second-order valence-corrected chi connectivity index (χ2v) is 0. The Morgan fingerprint density at radius 1 is 1.25 bits per heavy atom. The van der Waals surface area contributed by atoms with Crippen molar-refractivity contribution in [1.82, 2.24) is 0 Å². The normalized spacial score (nSPS) is 0. The van der Waals surface area contributed by atoms with Gasteiger partial charge in [-0.25, -0.2) is 0 Å². The van der Waals surface area contributed by atoms with Gasteiger partial charge in [-0.3, -0.25) is 0 Å². The van der Waals surface area contributed by atoms with Crippen LogP contribution >= 0.6 is 0 Å². The molecule has 0 aromatic rings. The Morgan fingerprint density at radius 3 is 1.25 bits per heavy atom. The topological polar surface area (TPSA) is 0 Å². The van der Waals surface area contributed by atoms with E-state index in [1.165, 1.54) is 0 Å². The molecule has 3 radical (unpaired) electrons. The zero-order valence-corrected chi connectivity index (χ0v) is 9.33. The molecule has 0 unspecified atom stereocenters. The molecule has 0 rings (SSSR count). The van der Waals surface area contributed by atoms with Crippen molar-refractivity contribution in [2.75, 3.05) is 0 Å². The monoisotopic (exact) mass is 377 g/mol. The molecule has 0 aliphatic carbocycles. The summed E-state index contributed by atoms with van der Waals surface area (Å²) in [7, 11) is 0. The molecular formula is H8AuMgSiSn. The molecule has 0 bridgehead atoms. The maximum absolute atomic E-state index is 0. The van der Waals surface area contributed by atoms with Crippen LogP contribution < -0.4 is 0 Å². The summed E-state index contributed by atoms with van der Waals surface area (Å²) in [5.74, 6) is 0. The van der Waals surface area contributed by atoms with Gasteiger partial charge in [0.2, 0.25) is 0 Å². The molecule has 0 aromatic heterocycles. The summed E-state index contributed by atoms with van der Waals surface area (Å²) in [6.45, 7) is 0. The van der Waals surface area contributed by atoms with Crippen molar-refractivity contribution < 1.29 is 25.2 Å². The maximum atomic E-state index is 0. The summed E-state index contributed by atoms with van der Waals surface area (Å²) in [4.78, 5) is 0. The van der Waals surface area contributed by atoms with Gasteiger partial charge in [-0.05, 0) is 11.0 Å². The van der Waals surface area contributed by atoms with Crippen LogP contribution in [0.5, 0.6) is 0 Å². The van der Waals surface area contributed by atoms with Gasteiger partial charge in [0.25, 0.3) is 0 Å².